The van der Waals surface area contributed by atoms with Crippen LogP contribution in [0.4, 0.5) is 0 Å². The van der Waals surface area contributed by atoms with E-state index in [-0.39, 0.29) is 29.6 Å². The lowest BCUT2D eigenvalue weighted by Gasteiger charge is -2.33. The molecule has 2 rings (SSSR count). The molecule has 9 nitrogen and oxygen atoms in total. The van der Waals surface area contributed by atoms with Crippen molar-refractivity contribution in [2.45, 2.75) is 90.4 Å². The first-order chi connectivity index (χ1) is 14.6. The minimum Gasteiger partial charge on any atom is -0.480 e. The van der Waals surface area contributed by atoms with Crippen molar-refractivity contribution in [1.82, 2.24) is 15.1 Å². The van der Waals surface area contributed by atoms with Gasteiger partial charge in [0, 0.05) is 13.1 Å². The molecule has 0 radical (unpaired) electrons. The molecule has 0 spiro atoms. The summed E-state index contributed by atoms with van der Waals surface area (Å²) < 4.78 is 0. The van der Waals surface area contributed by atoms with Crippen LogP contribution in [0, 0.1) is 11.8 Å². The van der Waals surface area contributed by atoms with Crippen LogP contribution in [0.25, 0.3) is 0 Å². The summed E-state index contributed by atoms with van der Waals surface area (Å²) in [4.78, 5) is 53.6. The van der Waals surface area contributed by atoms with Crippen LogP contribution < -0.4 is 11.1 Å². The van der Waals surface area contributed by atoms with E-state index in [1.54, 1.807) is 0 Å². The summed E-state index contributed by atoms with van der Waals surface area (Å²) in [6, 6.07) is -2.98. The largest absolute Gasteiger partial charge is 0.480 e. The predicted molar refractivity (Wildman–Crippen MR) is 116 cm³/mol. The first-order valence-corrected chi connectivity index (χ1v) is 11.5. The fourth-order valence-corrected chi connectivity index (χ4v) is 4.52. The van der Waals surface area contributed by atoms with Crippen molar-refractivity contribution >= 4 is 23.7 Å². The maximum atomic E-state index is 13.2. The average Bonchev–Trinajstić information content (AvgIpc) is 3.39. The molecule has 0 aromatic rings. The minimum absolute atomic E-state index is 0.166. The van der Waals surface area contributed by atoms with E-state index in [1.165, 1.54) is 9.80 Å². The van der Waals surface area contributed by atoms with Gasteiger partial charge in [-0.25, -0.2) is 4.79 Å². The van der Waals surface area contributed by atoms with E-state index < -0.39 is 30.1 Å². The van der Waals surface area contributed by atoms with Gasteiger partial charge in [-0.15, -0.1) is 0 Å². The Morgan fingerprint density at radius 3 is 2.06 bits per heavy atom. The summed E-state index contributed by atoms with van der Waals surface area (Å²) in [6.07, 6.45) is 3.46. The van der Waals surface area contributed by atoms with E-state index in [9.17, 15) is 24.3 Å². The molecule has 0 aromatic carbocycles. The third-order valence-electron chi connectivity index (χ3n) is 6.48. The lowest BCUT2D eigenvalue weighted by atomic mass is 9.96. The van der Waals surface area contributed by atoms with Crippen LogP contribution in [0.3, 0.4) is 0 Å². The zero-order valence-electron chi connectivity index (χ0n) is 19.2. The van der Waals surface area contributed by atoms with E-state index >= 15 is 0 Å². The van der Waals surface area contributed by atoms with Gasteiger partial charge in [-0.05, 0) is 43.9 Å². The van der Waals surface area contributed by atoms with Gasteiger partial charge >= 0.3 is 5.97 Å². The third kappa shape index (κ3) is 5.96. The molecule has 2 saturated heterocycles. The van der Waals surface area contributed by atoms with Crippen LogP contribution in [-0.4, -0.2) is 75.9 Å². The first-order valence-electron chi connectivity index (χ1n) is 11.5. The van der Waals surface area contributed by atoms with Gasteiger partial charge < -0.3 is 26.0 Å². The fraction of sp³-hybridized carbons (Fsp3) is 0.818. The highest BCUT2D eigenvalue weighted by Crippen LogP contribution is 2.23. The number of rotatable bonds is 9. The maximum Gasteiger partial charge on any atom is 0.326 e. The summed E-state index contributed by atoms with van der Waals surface area (Å²) in [5.74, 6) is -1.88. The molecule has 176 valence electrons. The summed E-state index contributed by atoms with van der Waals surface area (Å²) >= 11 is 0. The van der Waals surface area contributed by atoms with Crippen LogP contribution in [0.5, 0.6) is 0 Å². The number of nitrogens with zero attached hydrogens (tertiary/aromatic N) is 2. The average molecular weight is 439 g/mol. The molecule has 4 N–H and O–H groups in total. The highest BCUT2D eigenvalue weighted by Gasteiger charge is 2.42. The number of carbonyl (C=O) groups is 4. The normalized spacial score (nSPS) is 24.2. The van der Waals surface area contributed by atoms with Crippen LogP contribution in [0.15, 0.2) is 0 Å². The van der Waals surface area contributed by atoms with Gasteiger partial charge in [-0.2, -0.15) is 0 Å². The second-order valence-electron chi connectivity index (χ2n) is 9.33. The summed E-state index contributed by atoms with van der Waals surface area (Å²) in [5.41, 5.74) is 6.07. The van der Waals surface area contributed by atoms with E-state index in [0.29, 0.717) is 51.6 Å². The van der Waals surface area contributed by atoms with Crippen LogP contribution >= 0.6 is 0 Å². The smallest absolute Gasteiger partial charge is 0.326 e. The zero-order valence-corrected chi connectivity index (χ0v) is 19.2. The molecular weight excluding hydrogens is 400 g/mol. The Hall–Kier alpha value is -2.16. The predicted octanol–water partition coefficient (Wildman–Crippen LogP) is 0.957. The Bertz CT molecular complexity index is 683. The molecule has 2 aliphatic rings. The molecule has 2 aliphatic heterocycles. The van der Waals surface area contributed by atoms with Gasteiger partial charge in [0.2, 0.25) is 17.7 Å². The van der Waals surface area contributed by atoms with Crippen LogP contribution in [0.1, 0.15) is 66.2 Å². The Morgan fingerprint density at radius 2 is 1.55 bits per heavy atom. The Kier molecular flexibility index (Phi) is 8.85. The highest BCUT2D eigenvalue weighted by atomic mass is 16.4. The molecule has 0 aliphatic carbocycles. The topological polar surface area (TPSA) is 133 Å². The minimum atomic E-state index is -1.02. The number of amides is 3. The SMILES string of the molecule is CCC(C)C(NC(=O)C1CCCN1C(=O)C(N)CC(C)C)C(=O)N1CCCC1C(=O)O. The molecule has 2 fully saturated rings. The molecule has 9 heteroatoms. The molecule has 0 bridgehead atoms. The number of nitrogens with two attached hydrogens (primary N) is 1. The Labute approximate surface area is 184 Å². The quantitative estimate of drug-likeness (QED) is 0.491. The number of hydrogen-bond acceptors (Lipinski definition) is 5. The third-order valence-corrected chi connectivity index (χ3v) is 6.48. The van der Waals surface area contributed by atoms with Crippen LogP contribution in [0.2, 0.25) is 0 Å². The van der Waals surface area contributed by atoms with E-state index in [2.05, 4.69) is 5.32 Å². The summed E-state index contributed by atoms with van der Waals surface area (Å²) in [5, 5.41) is 12.3. The van der Waals surface area contributed by atoms with Gasteiger partial charge in [-0.1, -0.05) is 34.1 Å². The molecule has 5 unspecified atom stereocenters. The van der Waals surface area contributed by atoms with Gasteiger partial charge in [0.25, 0.3) is 0 Å². The number of carbonyl (C=O) groups excluding carboxylic acids is 3. The van der Waals surface area contributed by atoms with Crippen molar-refractivity contribution in [3.8, 4) is 0 Å². The van der Waals surface area contributed by atoms with E-state index in [0.717, 1.165) is 0 Å². The van der Waals surface area contributed by atoms with Gasteiger partial charge in [0.05, 0.1) is 6.04 Å². The monoisotopic (exact) mass is 438 g/mol. The molecular formula is C22H38N4O5. The van der Waals surface area contributed by atoms with Crippen molar-refractivity contribution in [3.63, 3.8) is 0 Å². The number of likely N-dealkylation sites (tertiary alicyclic amines) is 2. The Morgan fingerprint density at radius 1 is 1.00 bits per heavy atom. The molecule has 0 aromatic heterocycles. The number of carboxylic acids is 1. The Balaban J connectivity index is 2.13. The molecule has 31 heavy (non-hydrogen) atoms. The zero-order chi connectivity index (χ0) is 23.3. The molecule has 2 heterocycles. The number of aliphatic carboxylic acids is 1. The van der Waals surface area contributed by atoms with Crippen molar-refractivity contribution in [2.75, 3.05) is 13.1 Å². The first kappa shape index (κ1) is 25.1. The highest BCUT2D eigenvalue weighted by molar-refractivity contribution is 5.94. The second kappa shape index (κ2) is 10.9. The lowest BCUT2D eigenvalue weighted by Crippen LogP contribution is -2.58. The van der Waals surface area contributed by atoms with E-state index in [1.807, 2.05) is 27.7 Å². The standard InChI is InChI=1S/C22H38N4O5/c1-5-14(4)18(21(29)26-11-7-9-17(26)22(30)31)24-19(27)16-8-6-10-25(16)20(28)15(23)12-13(2)3/h13-18H,5-12,23H2,1-4H3,(H,24,27)(H,30,31). The summed E-state index contributed by atoms with van der Waals surface area (Å²) in [6.45, 7) is 8.62. The molecule has 5 atom stereocenters. The number of carboxylic acid groups (broad SMARTS) is 1. The van der Waals surface area contributed by atoms with E-state index in [4.69, 9.17) is 5.73 Å². The van der Waals surface area contributed by atoms with Gasteiger partial charge in [-0.3, -0.25) is 14.4 Å². The van der Waals surface area contributed by atoms with Crippen molar-refractivity contribution in [1.29, 1.82) is 0 Å². The van der Waals surface area contributed by atoms with Crippen LogP contribution in [-0.2, 0) is 19.2 Å². The van der Waals surface area contributed by atoms with Crippen molar-refractivity contribution in [3.05, 3.63) is 0 Å². The lowest BCUT2D eigenvalue weighted by molar-refractivity contribution is -0.150. The molecule has 3 amide bonds. The van der Waals surface area contributed by atoms with Crippen molar-refractivity contribution < 1.29 is 24.3 Å². The number of hydrogen-bond donors (Lipinski definition) is 3. The number of nitrogens with one attached hydrogen (secondary N) is 1. The maximum absolute atomic E-state index is 13.2. The van der Waals surface area contributed by atoms with Gasteiger partial charge in [0.15, 0.2) is 0 Å². The molecule has 0 saturated carbocycles. The summed E-state index contributed by atoms with van der Waals surface area (Å²) in [7, 11) is 0. The second-order valence-corrected chi connectivity index (χ2v) is 9.33. The van der Waals surface area contributed by atoms with Crippen molar-refractivity contribution in [2.24, 2.45) is 17.6 Å². The van der Waals surface area contributed by atoms with Gasteiger partial charge in [0.1, 0.15) is 18.1 Å². The fourth-order valence-electron chi connectivity index (χ4n) is 4.52.